The molecule has 5 nitrogen and oxygen atoms in total. The van der Waals surface area contributed by atoms with Gasteiger partial charge in [-0.2, -0.15) is 0 Å². The number of hydrogen-bond donors (Lipinski definition) is 2. The molecule has 0 radical (unpaired) electrons. The third-order valence-corrected chi connectivity index (χ3v) is 4.15. The first kappa shape index (κ1) is 15.4. The summed E-state index contributed by atoms with van der Waals surface area (Å²) in [5.41, 5.74) is 0.490. The summed E-state index contributed by atoms with van der Waals surface area (Å²) in [5.74, 6) is 0. The Labute approximate surface area is 112 Å². The van der Waals surface area contributed by atoms with Gasteiger partial charge in [-0.15, -0.1) is 0 Å². The normalized spacial score (nSPS) is 11.7. The van der Waals surface area contributed by atoms with E-state index < -0.39 is 10.0 Å². The quantitative estimate of drug-likeness (QED) is 0.740. The summed E-state index contributed by atoms with van der Waals surface area (Å²) in [5, 5.41) is 9.11. The predicted octanol–water partition coefficient (Wildman–Crippen LogP) is 1.15. The van der Waals surface area contributed by atoms with Gasteiger partial charge in [0, 0.05) is 13.2 Å². The van der Waals surface area contributed by atoms with Gasteiger partial charge in [0.25, 0.3) is 0 Å². The Balaban J connectivity index is 2.83. The summed E-state index contributed by atoms with van der Waals surface area (Å²) in [6.45, 7) is 2.60. The second-order valence-corrected chi connectivity index (χ2v) is 5.66. The molecule has 0 aliphatic rings. The second kappa shape index (κ2) is 7.06. The van der Waals surface area contributed by atoms with Gasteiger partial charge >= 0.3 is 0 Å². The monoisotopic (exact) mass is 293 g/mol. The first-order valence-corrected chi connectivity index (χ1v) is 7.34. The lowest BCUT2D eigenvalue weighted by atomic mass is 10.2. The minimum atomic E-state index is -3.68. The lowest BCUT2D eigenvalue weighted by molar-refractivity contribution is 0.153. The SMILES string of the molecule is CCOCCNS(=O)(=O)c1cc(CO)ccc1Cl. The predicted molar refractivity (Wildman–Crippen MR) is 69.1 cm³/mol. The summed E-state index contributed by atoms with van der Waals surface area (Å²) >= 11 is 5.85. The van der Waals surface area contributed by atoms with Crippen LogP contribution in [-0.4, -0.2) is 33.3 Å². The zero-order valence-corrected chi connectivity index (χ0v) is 11.6. The van der Waals surface area contributed by atoms with Crippen LogP contribution in [-0.2, 0) is 21.4 Å². The molecule has 0 aliphatic carbocycles. The van der Waals surface area contributed by atoms with Crippen molar-refractivity contribution in [2.75, 3.05) is 19.8 Å². The Hall–Kier alpha value is -0.660. The van der Waals surface area contributed by atoms with Gasteiger partial charge in [0.15, 0.2) is 0 Å². The Morgan fingerprint density at radius 3 is 2.78 bits per heavy atom. The Bertz CT molecular complexity index is 490. The molecule has 0 spiro atoms. The van der Waals surface area contributed by atoms with E-state index in [1.165, 1.54) is 12.1 Å². The molecule has 0 aromatic heterocycles. The molecule has 1 aromatic rings. The third kappa shape index (κ3) is 4.22. The van der Waals surface area contributed by atoms with Crippen molar-refractivity contribution in [3.8, 4) is 0 Å². The average molecular weight is 294 g/mol. The number of sulfonamides is 1. The summed E-state index contributed by atoms with van der Waals surface area (Å²) in [6.07, 6.45) is 0. The smallest absolute Gasteiger partial charge is 0.242 e. The molecule has 0 heterocycles. The Morgan fingerprint density at radius 1 is 1.44 bits per heavy atom. The molecule has 0 saturated heterocycles. The van der Waals surface area contributed by atoms with Gasteiger partial charge in [-0.05, 0) is 24.6 Å². The van der Waals surface area contributed by atoms with Crippen molar-refractivity contribution in [1.82, 2.24) is 4.72 Å². The molecule has 0 amide bonds. The van der Waals surface area contributed by atoms with Crippen LogP contribution in [0.5, 0.6) is 0 Å². The molecule has 0 atom stereocenters. The number of halogens is 1. The highest BCUT2D eigenvalue weighted by molar-refractivity contribution is 7.89. The van der Waals surface area contributed by atoms with E-state index >= 15 is 0 Å². The van der Waals surface area contributed by atoms with Crippen LogP contribution < -0.4 is 4.72 Å². The van der Waals surface area contributed by atoms with E-state index in [0.29, 0.717) is 18.8 Å². The molecule has 0 saturated carbocycles. The summed E-state index contributed by atoms with van der Waals surface area (Å²) in [4.78, 5) is -0.0350. The molecular formula is C11H16ClNO4S. The maximum Gasteiger partial charge on any atom is 0.242 e. The van der Waals surface area contributed by atoms with Crippen LogP contribution in [0.4, 0.5) is 0 Å². The number of benzene rings is 1. The molecule has 102 valence electrons. The standard InChI is InChI=1S/C11H16ClNO4S/c1-2-17-6-5-13-18(15,16)11-7-9(8-14)3-4-10(11)12/h3-4,7,13-14H,2,5-6,8H2,1H3. The fourth-order valence-electron chi connectivity index (χ4n) is 1.32. The Kier molecular flexibility index (Phi) is 6.04. The van der Waals surface area contributed by atoms with E-state index in [4.69, 9.17) is 21.4 Å². The maximum absolute atomic E-state index is 12.0. The highest BCUT2D eigenvalue weighted by Gasteiger charge is 2.17. The number of aliphatic hydroxyl groups is 1. The third-order valence-electron chi connectivity index (χ3n) is 2.21. The first-order valence-electron chi connectivity index (χ1n) is 5.48. The molecule has 1 rings (SSSR count). The van der Waals surface area contributed by atoms with Crippen molar-refractivity contribution in [2.24, 2.45) is 0 Å². The fraction of sp³-hybridized carbons (Fsp3) is 0.455. The number of aliphatic hydroxyl groups excluding tert-OH is 1. The van der Waals surface area contributed by atoms with Crippen LogP contribution >= 0.6 is 11.6 Å². The van der Waals surface area contributed by atoms with Gasteiger partial charge in [-0.3, -0.25) is 0 Å². The highest BCUT2D eigenvalue weighted by atomic mass is 35.5. The average Bonchev–Trinajstić information content (AvgIpc) is 2.35. The number of hydrogen-bond acceptors (Lipinski definition) is 4. The fourth-order valence-corrected chi connectivity index (χ4v) is 2.88. The van der Waals surface area contributed by atoms with Gasteiger partial charge in [0.05, 0.1) is 18.2 Å². The van der Waals surface area contributed by atoms with Crippen molar-refractivity contribution in [1.29, 1.82) is 0 Å². The lowest BCUT2D eigenvalue weighted by Gasteiger charge is -2.09. The maximum atomic E-state index is 12.0. The zero-order valence-electron chi connectivity index (χ0n) is 10.0. The molecule has 0 aliphatic heterocycles. The van der Waals surface area contributed by atoms with Crippen LogP contribution in [0.25, 0.3) is 0 Å². The van der Waals surface area contributed by atoms with E-state index in [1.54, 1.807) is 6.07 Å². The molecule has 1 aromatic carbocycles. The molecule has 0 unspecified atom stereocenters. The van der Waals surface area contributed by atoms with E-state index in [-0.39, 0.29) is 23.1 Å². The molecule has 7 heteroatoms. The number of nitrogens with one attached hydrogen (secondary N) is 1. The van der Waals surface area contributed by atoms with E-state index in [1.807, 2.05) is 6.92 Å². The van der Waals surface area contributed by atoms with Gasteiger partial charge in [-0.25, -0.2) is 13.1 Å². The van der Waals surface area contributed by atoms with Gasteiger partial charge in [0.1, 0.15) is 4.90 Å². The van der Waals surface area contributed by atoms with Crippen molar-refractivity contribution < 1.29 is 18.3 Å². The minimum Gasteiger partial charge on any atom is -0.392 e. The van der Waals surface area contributed by atoms with E-state index in [9.17, 15) is 8.42 Å². The molecule has 0 fully saturated rings. The van der Waals surface area contributed by atoms with Crippen molar-refractivity contribution in [3.05, 3.63) is 28.8 Å². The van der Waals surface area contributed by atoms with Gasteiger partial charge < -0.3 is 9.84 Å². The first-order chi connectivity index (χ1) is 8.51. The zero-order chi connectivity index (χ0) is 13.6. The number of ether oxygens (including phenoxy) is 1. The minimum absolute atomic E-state index is 0.0350. The lowest BCUT2D eigenvalue weighted by Crippen LogP contribution is -2.27. The summed E-state index contributed by atoms with van der Waals surface area (Å²) in [6, 6.07) is 4.37. The second-order valence-electron chi connectivity index (χ2n) is 3.52. The van der Waals surface area contributed by atoms with Crippen LogP contribution in [0, 0.1) is 0 Å². The van der Waals surface area contributed by atoms with Crippen LogP contribution in [0.2, 0.25) is 5.02 Å². The van der Waals surface area contributed by atoms with Crippen molar-refractivity contribution in [2.45, 2.75) is 18.4 Å². The van der Waals surface area contributed by atoms with Crippen LogP contribution in [0.15, 0.2) is 23.1 Å². The largest absolute Gasteiger partial charge is 0.392 e. The molecule has 0 bridgehead atoms. The topological polar surface area (TPSA) is 75.6 Å². The van der Waals surface area contributed by atoms with Gasteiger partial charge in [0.2, 0.25) is 10.0 Å². The van der Waals surface area contributed by atoms with E-state index in [2.05, 4.69) is 4.72 Å². The van der Waals surface area contributed by atoms with Crippen LogP contribution in [0.3, 0.4) is 0 Å². The van der Waals surface area contributed by atoms with Gasteiger partial charge in [-0.1, -0.05) is 17.7 Å². The molecule has 2 N–H and O–H groups in total. The Morgan fingerprint density at radius 2 is 2.17 bits per heavy atom. The highest BCUT2D eigenvalue weighted by Crippen LogP contribution is 2.22. The van der Waals surface area contributed by atoms with Crippen molar-refractivity contribution >= 4 is 21.6 Å². The summed E-state index contributed by atoms with van der Waals surface area (Å²) < 4.78 is 31.3. The number of rotatable bonds is 7. The van der Waals surface area contributed by atoms with Crippen LogP contribution in [0.1, 0.15) is 12.5 Å². The van der Waals surface area contributed by atoms with E-state index in [0.717, 1.165) is 0 Å². The molecular weight excluding hydrogens is 278 g/mol. The van der Waals surface area contributed by atoms with Crippen molar-refractivity contribution in [3.63, 3.8) is 0 Å². The molecule has 18 heavy (non-hydrogen) atoms. The summed E-state index contributed by atoms with van der Waals surface area (Å²) in [7, 11) is -3.68.